The van der Waals surface area contributed by atoms with Gasteiger partial charge in [-0.05, 0) is 13.1 Å². The molecule has 0 spiro atoms. The molecular formula is C9H10F3N. The molecule has 0 saturated heterocycles. The largest absolute Gasteiger partial charge is 0.317 e. The third kappa shape index (κ3) is 2.21. The summed E-state index contributed by atoms with van der Waals surface area (Å²) in [5.74, 6) is -2.12. The fourth-order valence-corrected chi connectivity index (χ4v) is 1.05. The number of alkyl halides is 1. The van der Waals surface area contributed by atoms with E-state index in [9.17, 15) is 13.2 Å². The Hall–Kier alpha value is -1.03. The van der Waals surface area contributed by atoms with Crippen LogP contribution in [0.15, 0.2) is 18.2 Å². The lowest BCUT2D eigenvalue weighted by molar-refractivity contribution is 0.320. The molecule has 0 aliphatic heterocycles. The third-order valence-electron chi connectivity index (χ3n) is 1.70. The van der Waals surface area contributed by atoms with Crippen LogP contribution in [0.5, 0.6) is 0 Å². The zero-order chi connectivity index (χ0) is 9.84. The van der Waals surface area contributed by atoms with Gasteiger partial charge in [-0.1, -0.05) is 12.1 Å². The van der Waals surface area contributed by atoms with Crippen LogP contribution < -0.4 is 5.32 Å². The molecule has 0 heterocycles. The normalized spacial score (nSPS) is 12.9. The highest BCUT2D eigenvalue weighted by Crippen LogP contribution is 2.21. The molecule has 0 aromatic heterocycles. The molecule has 0 radical (unpaired) electrons. The summed E-state index contributed by atoms with van der Waals surface area (Å²) in [4.78, 5) is 0. The molecule has 1 aromatic carbocycles. The SMILES string of the molecule is CNCC(F)c1cccc(F)c1F. The second-order valence-corrected chi connectivity index (χ2v) is 2.67. The van der Waals surface area contributed by atoms with Crippen molar-refractivity contribution < 1.29 is 13.2 Å². The predicted octanol–water partition coefficient (Wildman–Crippen LogP) is 2.19. The summed E-state index contributed by atoms with van der Waals surface area (Å²) in [5.41, 5.74) is -0.241. The van der Waals surface area contributed by atoms with Gasteiger partial charge in [0.1, 0.15) is 6.17 Å². The summed E-state index contributed by atoms with van der Waals surface area (Å²) in [6.07, 6.45) is -1.51. The zero-order valence-corrected chi connectivity index (χ0v) is 7.15. The first-order valence-corrected chi connectivity index (χ1v) is 3.89. The molecule has 1 atom stereocenters. The highest BCUT2D eigenvalue weighted by molar-refractivity contribution is 5.21. The topological polar surface area (TPSA) is 12.0 Å². The van der Waals surface area contributed by atoms with Gasteiger partial charge in [0.05, 0.1) is 0 Å². The van der Waals surface area contributed by atoms with Gasteiger partial charge in [0.15, 0.2) is 11.6 Å². The average Bonchev–Trinajstić information content (AvgIpc) is 2.10. The number of rotatable bonds is 3. The first-order chi connectivity index (χ1) is 6.16. The molecule has 0 aliphatic carbocycles. The van der Waals surface area contributed by atoms with Crippen molar-refractivity contribution >= 4 is 0 Å². The molecule has 1 unspecified atom stereocenters. The number of benzene rings is 1. The maximum Gasteiger partial charge on any atom is 0.164 e. The van der Waals surface area contributed by atoms with E-state index >= 15 is 0 Å². The van der Waals surface area contributed by atoms with Crippen LogP contribution >= 0.6 is 0 Å². The maximum absolute atomic E-state index is 13.1. The molecule has 72 valence electrons. The standard InChI is InChI=1S/C9H10F3N/c1-13-5-8(11)6-3-2-4-7(10)9(6)12/h2-4,8,13H,5H2,1H3. The van der Waals surface area contributed by atoms with Crippen LogP contribution in [0.2, 0.25) is 0 Å². The molecule has 13 heavy (non-hydrogen) atoms. The highest BCUT2D eigenvalue weighted by Gasteiger charge is 2.16. The Kier molecular flexibility index (Phi) is 3.31. The van der Waals surface area contributed by atoms with Crippen molar-refractivity contribution in [1.82, 2.24) is 5.32 Å². The Labute approximate surface area is 74.6 Å². The number of halogens is 3. The maximum atomic E-state index is 13.1. The fraction of sp³-hybridized carbons (Fsp3) is 0.333. The van der Waals surface area contributed by atoms with Crippen molar-refractivity contribution in [2.75, 3.05) is 13.6 Å². The van der Waals surface area contributed by atoms with Gasteiger partial charge in [-0.25, -0.2) is 13.2 Å². The lowest BCUT2D eigenvalue weighted by Gasteiger charge is -2.08. The monoisotopic (exact) mass is 189 g/mol. The van der Waals surface area contributed by atoms with Gasteiger partial charge >= 0.3 is 0 Å². The minimum atomic E-state index is -1.51. The van der Waals surface area contributed by atoms with E-state index in [2.05, 4.69) is 5.32 Å². The van der Waals surface area contributed by atoms with Crippen molar-refractivity contribution in [3.63, 3.8) is 0 Å². The van der Waals surface area contributed by atoms with E-state index in [1.807, 2.05) is 0 Å². The van der Waals surface area contributed by atoms with Crippen LogP contribution in [0.4, 0.5) is 13.2 Å². The smallest absolute Gasteiger partial charge is 0.164 e. The Morgan fingerprint density at radius 3 is 2.69 bits per heavy atom. The van der Waals surface area contributed by atoms with Crippen molar-refractivity contribution in [3.05, 3.63) is 35.4 Å². The molecule has 0 saturated carbocycles. The van der Waals surface area contributed by atoms with Crippen LogP contribution in [0.3, 0.4) is 0 Å². The van der Waals surface area contributed by atoms with Crippen LogP contribution in [0.1, 0.15) is 11.7 Å². The van der Waals surface area contributed by atoms with Crippen LogP contribution in [-0.2, 0) is 0 Å². The summed E-state index contributed by atoms with van der Waals surface area (Å²) in [7, 11) is 1.55. The lowest BCUT2D eigenvalue weighted by atomic mass is 10.1. The van der Waals surface area contributed by atoms with E-state index in [1.54, 1.807) is 7.05 Å². The molecule has 0 fully saturated rings. The Balaban J connectivity index is 2.93. The van der Waals surface area contributed by atoms with E-state index in [4.69, 9.17) is 0 Å². The minimum Gasteiger partial charge on any atom is -0.317 e. The van der Waals surface area contributed by atoms with Gasteiger partial charge in [-0.3, -0.25) is 0 Å². The first kappa shape index (κ1) is 10.1. The molecule has 0 amide bonds. The first-order valence-electron chi connectivity index (χ1n) is 3.89. The summed E-state index contributed by atoms with van der Waals surface area (Å²) in [5, 5.41) is 2.55. The van der Waals surface area contributed by atoms with E-state index in [-0.39, 0.29) is 12.1 Å². The summed E-state index contributed by atoms with van der Waals surface area (Å²) in [6, 6.07) is 3.49. The summed E-state index contributed by atoms with van der Waals surface area (Å²) < 4.78 is 38.7. The second-order valence-electron chi connectivity index (χ2n) is 2.67. The summed E-state index contributed by atoms with van der Waals surface area (Å²) >= 11 is 0. The van der Waals surface area contributed by atoms with Gasteiger partial charge in [0.25, 0.3) is 0 Å². The molecule has 1 N–H and O–H groups in total. The molecule has 0 bridgehead atoms. The average molecular weight is 189 g/mol. The van der Waals surface area contributed by atoms with Crippen LogP contribution in [0.25, 0.3) is 0 Å². The van der Waals surface area contributed by atoms with Crippen LogP contribution in [0, 0.1) is 11.6 Å². The Bertz CT molecular complexity index is 288. The van der Waals surface area contributed by atoms with E-state index in [0.29, 0.717) is 0 Å². The quantitative estimate of drug-likeness (QED) is 0.768. The van der Waals surface area contributed by atoms with Crippen molar-refractivity contribution in [2.24, 2.45) is 0 Å². The predicted molar refractivity (Wildman–Crippen MR) is 44.1 cm³/mol. The van der Waals surface area contributed by atoms with Gasteiger partial charge in [0.2, 0.25) is 0 Å². The zero-order valence-electron chi connectivity index (χ0n) is 7.15. The van der Waals surface area contributed by atoms with Crippen molar-refractivity contribution in [1.29, 1.82) is 0 Å². The number of hydrogen-bond acceptors (Lipinski definition) is 1. The van der Waals surface area contributed by atoms with Gasteiger partial charge in [-0.15, -0.1) is 0 Å². The number of nitrogens with one attached hydrogen (secondary N) is 1. The van der Waals surface area contributed by atoms with Gasteiger partial charge < -0.3 is 5.32 Å². The van der Waals surface area contributed by atoms with E-state index < -0.39 is 17.8 Å². The Morgan fingerprint density at radius 2 is 2.08 bits per heavy atom. The van der Waals surface area contributed by atoms with Crippen molar-refractivity contribution in [3.8, 4) is 0 Å². The van der Waals surface area contributed by atoms with Gasteiger partial charge in [-0.2, -0.15) is 0 Å². The molecule has 1 rings (SSSR count). The number of likely N-dealkylation sites (N-methyl/N-ethyl adjacent to an activating group) is 1. The molecular weight excluding hydrogens is 179 g/mol. The van der Waals surface area contributed by atoms with E-state index in [1.165, 1.54) is 12.1 Å². The summed E-state index contributed by atoms with van der Waals surface area (Å²) in [6.45, 7) is -0.0274. The molecule has 1 aromatic rings. The molecule has 4 heteroatoms. The second kappa shape index (κ2) is 4.28. The Morgan fingerprint density at radius 1 is 1.38 bits per heavy atom. The van der Waals surface area contributed by atoms with E-state index in [0.717, 1.165) is 6.07 Å². The minimum absolute atomic E-state index is 0.0274. The molecule has 0 aliphatic rings. The molecule has 1 nitrogen and oxygen atoms in total. The highest BCUT2D eigenvalue weighted by atomic mass is 19.2. The lowest BCUT2D eigenvalue weighted by Crippen LogP contribution is -2.15. The fourth-order valence-electron chi connectivity index (χ4n) is 1.05. The van der Waals surface area contributed by atoms with Gasteiger partial charge in [0, 0.05) is 12.1 Å². The van der Waals surface area contributed by atoms with Crippen molar-refractivity contribution in [2.45, 2.75) is 6.17 Å². The third-order valence-corrected chi connectivity index (χ3v) is 1.70. The van der Waals surface area contributed by atoms with Crippen LogP contribution in [-0.4, -0.2) is 13.6 Å². The number of hydrogen-bond donors (Lipinski definition) is 1.